The summed E-state index contributed by atoms with van der Waals surface area (Å²) in [5, 5.41) is 6.42. The Morgan fingerprint density at radius 3 is 2.74 bits per heavy atom. The average Bonchev–Trinajstić information content (AvgIpc) is 2.93. The number of anilines is 1. The van der Waals surface area contributed by atoms with Gasteiger partial charge in [0.05, 0.1) is 6.04 Å². The van der Waals surface area contributed by atoms with Crippen molar-refractivity contribution in [1.82, 2.24) is 10.1 Å². The first-order valence-electron chi connectivity index (χ1n) is 7.28. The summed E-state index contributed by atoms with van der Waals surface area (Å²) in [5.74, 6) is 1.14. The highest BCUT2D eigenvalue weighted by Crippen LogP contribution is 2.11. The van der Waals surface area contributed by atoms with E-state index in [0.717, 1.165) is 0 Å². The first kappa shape index (κ1) is 17.0. The summed E-state index contributed by atoms with van der Waals surface area (Å²) >= 11 is 0. The zero-order valence-electron chi connectivity index (χ0n) is 13.4. The molecule has 0 saturated heterocycles. The van der Waals surface area contributed by atoms with E-state index in [1.807, 2.05) is 11.9 Å². The van der Waals surface area contributed by atoms with E-state index in [4.69, 9.17) is 9.26 Å². The molecule has 7 heteroatoms. The number of benzene rings is 1. The molecule has 0 radical (unpaired) electrons. The lowest BCUT2D eigenvalue weighted by Gasteiger charge is -2.23. The van der Waals surface area contributed by atoms with Gasteiger partial charge >= 0.3 is 0 Å². The summed E-state index contributed by atoms with van der Waals surface area (Å²) in [6.45, 7) is 4.48. The largest absolute Gasteiger partial charge is 0.492 e. The molecular formula is C16H20FN3O3. The maximum Gasteiger partial charge on any atom is 0.242 e. The van der Waals surface area contributed by atoms with Crippen LogP contribution in [-0.2, 0) is 4.79 Å². The average molecular weight is 321 g/mol. The lowest BCUT2D eigenvalue weighted by molar-refractivity contribution is -0.120. The zero-order valence-corrected chi connectivity index (χ0v) is 13.4. The maximum atomic E-state index is 12.8. The van der Waals surface area contributed by atoms with Crippen molar-refractivity contribution in [2.75, 3.05) is 25.5 Å². The van der Waals surface area contributed by atoms with Gasteiger partial charge in [0, 0.05) is 12.6 Å². The van der Waals surface area contributed by atoms with Crippen molar-refractivity contribution in [2.45, 2.75) is 19.9 Å². The second-order valence-corrected chi connectivity index (χ2v) is 5.27. The lowest BCUT2D eigenvalue weighted by Crippen LogP contribution is -2.41. The van der Waals surface area contributed by atoms with E-state index in [1.54, 1.807) is 32.0 Å². The molecule has 1 unspecified atom stereocenters. The minimum atomic E-state index is -0.358. The molecule has 1 aromatic carbocycles. The number of amides is 1. The zero-order chi connectivity index (χ0) is 16.8. The SMILES string of the molecule is Cc1cc(NC(=O)C(C)N(C)CCOc2ccc(F)cc2)no1. The maximum absolute atomic E-state index is 12.8. The van der Waals surface area contributed by atoms with Gasteiger partial charge in [-0.3, -0.25) is 9.69 Å². The van der Waals surface area contributed by atoms with Crippen LogP contribution in [0, 0.1) is 12.7 Å². The van der Waals surface area contributed by atoms with Gasteiger partial charge in [-0.15, -0.1) is 0 Å². The van der Waals surface area contributed by atoms with Gasteiger partial charge in [0.25, 0.3) is 0 Å². The molecule has 2 aromatic rings. The number of hydrogen-bond donors (Lipinski definition) is 1. The summed E-state index contributed by atoms with van der Waals surface area (Å²) in [6.07, 6.45) is 0. The predicted octanol–water partition coefficient (Wildman–Crippen LogP) is 2.46. The quantitative estimate of drug-likeness (QED) is 0.848. The van der Waals surface area contributed by atoms with E-state index in [-0.39, 0.29) is 17.8 Å². The Morgan fingerprint density at radius 1 is 1.43 bits per heavy atom. The Kier molecular flexibility index (Phi) is 5.70. The standard InChI is InChI=1S/C16H20FN3O3/c1-11-10-15(19-23-11)18-16(21)12(2)20(3)8-9-22-14-6-4-13(17)5-7-14/h4-7,10,12H,8-9H2,1-3H3,(H,18,19,21). The highest BCUT2D eigenvalue weighted by molar-refractivity contribution is 5.93. The lowest BCUT2D eigenvalue weighted by atomic mass is 10.2. The van der Waals surface area contributed by atoms with E-state index in [9.17, 15) is 9.18 Å². The number of halogens is 1. The van der Waals surface area contributed by atoms with Crippen molar-refractivity contribution in [3.63, 3.8) is 0 Å². The molecule has 1 N–H and O–H groups in total. The molecule has 0 aliphatic rings. The summed E-state index contributed by atoms with van der Waals surface area (Å²) in [4.78, 5) is 14.0. The minimum absolute atomic E-state index is 0.178. The van der Waals surface area contributed by atoms with Gasteiger partial charge in [-0.25, -0.2) is 4.39 Å². The van der Waals surface area contributed by atoms with Crippen LogP contribution >= 0.6 is 0 Å². The van der Waals surface area contributed by atoms with Crippen molar-refractivity contribution in [2.24, 2.45) is 0 Å². The third-order valence-electron chi connectivity index (χ3n) is 3.45. The summed E-state index contributed by atoms with van der Waals surface area (Å²) < 4.78 is 23.2. The van der Waals surface area contributed by atoms with Crippen LogP contribution in [0.25, 0.3) is 0 Å². The molecule has 1 aromatic heterocycles. The molecule has 2 rings (SSSR count). The molecule has 23 heavy (non-hydrogen) atoms. The first-order valence-corrected chi connectivity index (χ1v) is 7.28. The van der Waals surface area contributed by atoms with Crippen LogP contribution in [-0.4, -0.2) is 42.2 Å². The summed E-state index contributed by atoms with van der Waals surface area (Å²) in [6, 6.07) is 7.12. The van der Waals surface area contributed by atoms with E-state index >= 15 is 0 Å². The van der Waals surface area contributed by atoms with Crippen molar-refractivity contribution in [3.8, 4) is 5.75 Å². The number of carbonyl (C=O) groups is 1. The highest BCUT2D eigenvalue weighted by atomic mass is 19.1. The fourth-order valence-electron chi connectivity index (χ4n) is 1.89. The van der Waals surface area contributed by atoms with Crippen LogP contribution in [0.15, 0.2) is 34.9 Å². The smallest absolute Gasteiger partial charge is 0.242 e. The summed E-state index contributed by atoms with van der Waals surface area (Å²) in [5.41, 5.74) is 0. The number of rotatable bonds is 7. The van der Waals surface area contributed by atoms with Crippen LogP contribution in [0.1, 0.15) is 12.7 Å². The second kappa shape index (κ2) is 7.73. The Labute approximate surface area is 134 Å². The van der Waals surface area contributed by atoms with Crippen LogP contribution in [0.4, 0.5) is 10.2 Å². The van der Waals surface area contributed by atoms with Gasteiger partial charge in [-0.2, -0.15) is 0 Å². The van der Waals surface area contributed by atoms with Gasteiger partial charge in [-0.1, -0.05) is 5.16 Å². The van der Waals surface area contributed by atoms with Crippen LogP contribution in [0.3, 0.4) is 0 Å². The third-order valence-corrected chi connectivity index (χ3v) is 3.45. The van der Waals surface area contributed by atoms with Gasteiger partial charge < -0.3 is 14.6 Å². The monoisotopic (exact) mass is 321 g/mol. The van der Waals surface area contributed by atoms with Crippen molar-refractivity contribution in [3.05, 3.63) is 41.9 Å². The number of ether oxygens (including phenoxy) is 1. The van der Waals surface area contributed by atoms with Crippen LogP contribution < -0.4 is 10.1 Å². The molecule has 0 spiro atoms. The minimum Gasteiger partial charge on any atom is -0.492 e. The fourth-order valence-corrected chi connectivity index (χ4v) is 1.89. The molecule has 0 saturated carbocycles. The highest BCUT2D eigenvalue weighted by Gasteiger charge is 2.19. The number of nitrogens with zero attached hydrogens (tertiary/aromatic N) is 2. The van der Waals surface area contributed by atoms with E-state index in [2.05, 4.69) is 10.5 Å². The topological polar surface area (TPSA) is 67.6 Å². The Bertz CT molecular complexity index is 642. The number of carbonyl (C=O) groups excluding carboxylic acids is 1. The molecule has 0 bridgehead atoms. The van der Waals surface area contributed by atoms with Gasteiger partial charge in [0.15, 0.2) is 5.82 Å². The molecule has 1 heterocycles. The number of likely N-dealkylation sites (N-methyl/N-ethyl adjacent to an activating group) is 1. The summed E-state index contributed by atoms with van der Waals surface area (Å²) in [7, 11) is 1.83. The van der Waals surface area contributed by atoms with Crippen LogP contribution in [0.2, 0.25) is 0 Å². The predicted molar refractivity (Wildman–Crippen MR) is 83.9 cm³/mol. The van der Waals surface area contributed by atoms with Crippen molar-refractivity contribution >= 4 is 11.7 Å². The molecule has 0 fully saturated rings. The fraction of sp³-hybridized carbons (Fsp3) is 0.375. The normalized spacial score (nSPS) is 12.2. The molecular weight excluding hydrogens is 301 g/mol. The number of aromatic nitrogens is 1. The second-order valence-electron chi connectivity index (χ2n) is 5.27. The van der Waals surface area contributed by atoms with E-state index < -0.39 is 0 Å². The van der Waals surface area contributed by atoms with Gasteiger partial charge in [0.2, 0.25) is 5.91 Å². The number of aryl methyl sites for hydroxylation is 1. The number of hydrogen-bond acceptors (Lipinski definition) is 5. The van der Waals surface area contributed by atoms with E-state index in [0.29, 0.717) is 30.5 Å². The van der Waals surface area contributed by atoms with Crippen molar-refractivity contribution < 1.29 is 18.4 Å². The molecule has 0 aliphatic heterocycles. The van der Waals surface area contributed by atoms with Crippen molar-refractivity contribution in [1.29, 1.82) is 0 Å². The Morgan fingerprint density at radius 2 is 2.13 bits per heavy atom. The molecule has 0 aliphatic carbocycles. The van der Waals surface area contributed by atoms with E-state index in [1.165, 1.54) is 12.1 Å². The molecule has 1 amide bonds. The Hall–Kier alpha value is -2.41. The molecule has 6 nitrogen and oxygen atoms in total. The first-order chi connectivity index (χ1) is 11.0. The molecule has 124 valence electrons. The Balaban J connectivity index is 1.76. The third kappa shape index (κ3) is 5.07. The molecule has 1 atom stereocenters. The van der Waals surface area contributed by atoms with Gasteiger partial charge in [-0.05, 0) is 45.2 Å². The number of nitrogens with one attached hydrogen (secondary N) is 1. The van der Waals surface area contributed by atoms with Gasteiger partial charge in [0.1, 0.15) is 23.9 Å². The van der Waals surface area contributed by atoms with Crippen LogP contribution in [0.5, 0.6) is 5.75 Å².